The number of aryl methyl sites for hydroxylation is 5. The van der Waals surface area contributed by atoms with Crippen LogP contribution in [0.25, 0.3) is 39.5 Å². The number of nitrogens with two attached hydrogens (primary N) is 4. The largest absolute Gasteiger partial charge is 1.00 e. The number of nitrogen functional groups attached to an aromatic ring is 4. The molecule has 125 heavy (non-hydrogen) atoms. The van der Waals surface area contributed by atoms with E-state index in [4.69, 9.17) is 67.9 Å². The van der Waals surface area contributed by atoms with Crippen molar-refractivity contribution >= 4 is 162 Å². The van der Waals surface area contributed by atoms with Crippen molar-refractivity contribution in [2.24, 2.45) is 40.9 Å². The molecule has 0 aliphatic heterocycles. The van der Waals surface area contributed by atoms with Gasteiger partial charge in [0, 0.05) is 29.4 Å². The molecule has 13 rings (SSSR count). The number of carboxylic acids is 3. The minimum atomic E-state index is -1.43. The minimum Gasteiger partial charge on any atom is -0.844 e. The number of anilines is 4. The molecule has 0 spiro atoms. The first-order valence-corrected chi connectivity index (χ1v) is 34.8. The second-order valence-electron chi connectivity index (χ2n) is 21.5. The number of hydrogen-bond donors (Lipinski definition) is 4. The van der Waals surface area contributed by atoms with Crippen LogP contribution in [0, 0.1) is 76.8 Å². The number of carbonyl (C=O) groups excluding carboxylic acids is 11. The smallest absolute Gasteiger partial charge is 0.844 e. The van der Waals surface area contributed by atoms with Gasteiger partial charge in [0.1, 0.15) is 34.6 Å². The van der Waals surface area contributed by atoms with Crippen LogP contribution >= 0.6 is 46.2 Å². The standard InChI is InChI=1S/C33H23N19O3.C28H22N14O4S4.4CO2.8K/c1-16-7-5-9-21(11-16)50-29(23(37-4)15-39-50)46-44-25-18(3)48-52(27(25)36)32-40-31(41-33(55)42-32)51-26(35)24(17(2)47-51)43-45-28-20(13-34)14-38-49(28)22-10-6-8-19(12-22)30(53)54;1-13-19(21(29)41(39-13)17-7-3-5-15(11-17)23(43)44)31-33-25-35-37-27(49-25)47-9-10-48-28-38-36-26(50-28)34-32-20-14(2)40-42(22(20)30)18-8-4-6-16(12-18)24(45)46;4*2-1-3;;;;;;;;/h7-12,14-15H,35-36H2,1-3H3,(H,53,54)(H,40,41,42,55);5-8,11-12H,9-10,29-30H2,1-2H3,(H,43,44)(H,45,46);;;;;;;;;;;;/q2*-2;;;;;8*+1/p-4. The number of aromatic carboxylic acids is 3. The first-order chi connectivity index (χ1) is 56.2. The van der Waals surface area contributed by atoms with E-state index >= 15 is 0 Å². The minimum absolute atomic E-state index is 0. The molecule has 60 heteroatoms. The van der Waals surface area contributed by atoms with Crippen LogP contribution in [0.3, 0.4) is 0 Å². The number of nitrogens with zero attached hydrogens (tertiary/aromatic N) is 29. The molecule has 0 fully saturated rings. The van der Waals surface area contributed by atoms with Gasteiger partial charge >= 0.3 is 436 Å². The van der Waals surface area contributed by atoms with Crippen molar-refractivity contribution in [3.8, 4) is 46.7 Å². The van der Waals surface area contributed by atoms with Gasteiger partial charge in [-0.1, -0.05) is 53.1 Å². The number of carbonyl (C=O) groups is 3. The van der Waals surface area contributed by atoms with Gasteiger partial charge in [-0.2, -0.15) is 167 Å². The van der Waals surface area contributed by atoms with Crippen molar-refractivity contribution in [2.75, 3.05) is 34.4 Å². The molecule has 0 atom stereocenters. The van der Waals surface area contributed by atoms with E-state index in [1.54, 1.807) is 52.0 Å². The predicted molar refractivity (Wildman–Crippen MR) is 386 cm³/mol. The Morgan fingerprint density at radius 2 is 0.776 bits per heavy atom. The van der Waals surface area contributed by atoms with E-state index in [1.165, 1.54) is 120 Å². The number of hydrogen-bond acceptors (Lipinski definition) is 45. The first kappa shape index (κ1) is 121. The maximum atomic E-state index is 12.8. The molecule has 9 aromatic heterocycles. The van der Waals surface area contributed by atoms with Crippen molar-refractivity contribution in [1.29, 1.82) is 5.26 Å². The number of thioether (sulfide) groups is 2. The van der Waals surface area contributed by atoms with E-state index in [1.807, 2.05) is 19.1 Å². The molecule has 0 saturated carbocycles. The molecule has 0 radical (unpaired) electrons. The Morgan fingerprint density at radius 3 is 1.14 bits per heavy atom. The summed E-state index contributed by atoms with van der Waals surface area (Å²) in [6.07, 6.45) is 3.58. The Morgan fingerprint density at radius 1 is 0.456 bits per heavy atom. The van der Waals surface area contributed by atoms with E-state index < -0.39 is 23.9 Å². The second-order valence-corrected chi connectivity index (χ2v) is 26.1. The van der Waals surface area contributed by atoms with Gasteiger partial charge in [-0.05, 0) is 50.4 Å². The summed E-state index contributed by atoms with van der Waals surface area (Å²) < 4.78 is 8.81. The second kappa shape index (κ2) is 61.2. The molecular weight excluding hydrogens is 1920 g/mol. The third-order valence-corrected chi connectivity index (χ3v) is 18.3. The number of nitriles is 1. The summed E-state index contributed by atoms with van der Waals surface area (Å²) in [4.78, 5) is 114. The normalized spacial score (nSPS) is 9.91. The number of rotatable bonds is 22. The summed E-state index contributed by atoms with van der Waals surface area (Å²) in [5, 5.41) is 133. The van der Waals surface area contributed by atoms with E-state index in [9.17, 15) is 40.1 Å². The Kier molecular flexibility index (Phi) is 59.5. The summed E-state index contributed by atoms with van der Waals surface area (Å²) in [5.41, 5.74) is 29.9. The van der Waals surface area contributed by atoms with Gasteiger partial charge in [-0.3, -0.25) is 18.7 Å². The first-order valence-electron chi connectivity index (χ1n) is 31.2. The van der Waals surface area contributed by atoms with Crippen LogP contribution in [0.4, 0.5) is 73.6 Å². The molecule has 0 amide bonds. The Bertz CT molecular complexity index is 6090. The van der Waals surface area contributed by atoms with Gasteiger partial charge in [0.25, 0.3) is 27.8 Å². The van der Waals surface area contributed by atoms with Gasteiger partial charge in [0.15, 0.2) is 43.3 Å². The van der Waals surface area contributed by atoms with E-state index in [0.29, 0.717) is 70.3 Å². The molecule has 588 valence electrons. The third kappa shape index (κ3) is 33.8. The molecule has 13 aromatic rings. The van der Waals surface area contributed by atoms with Gasteiger partial charge in [-0.15, -0.1) is 102 Å². The van der Waals surface area contributed by atoms with Crippen LogP contribution in [-0.2, 0) is 38.4 Å². The molecular formula is C65H41K8N33O15S4. The van der Waals surface area contributed by atoms with Gasteiger partial charge in [0.2, 0.25) is 0 Å². The molecule has 0 bridgehead atoms. The zero-order chi connectivity index (χ0) is 85.2. The fourth-order valence-electron chi connectivity index (χ4n) is 9.30. The molecule has 48 nitrogen and oxygen atoms in total. The molecule has 4 aromatic carbocycles. The molecule has 0 unspecified atom stereocenters. The summed E-state index contributed by atoms with van der Waals surface area (Å²) in [5.74, 6) is -3.16. The number of azo groups is 4. The van der Waals surface area contributed by atoms with Gasteiger partial charge in [0.05, 0.1) is 47.8 Å². The van der Waals surface area contributed by atoms with Crippen molar-refractivity contribution in [3.05, 3.63) is 171 Å². The predicted octanol–water partition coefficient (Wildman–Crippen LogP) is -19.7. The number of aromatic nitrogens is 19. The summed E-state index contributed by atoms with van der Waals surface area (Å²) in [7, 11) is 0. The van der Waals surface area contributed by atoms with Crippen LogP contribution in [0.2, 0.25) is 0 Å². The van der Waals surface area contributed by atoms with E-state index in [-0.39, 0.29) is 539 Å². The monoisotopic (exact) mass is 1960 g/mol. The third-order valence-electron chi connectivity index (χ3n) is 14.1. The average Bonchev–Trinajstić information content (AvgIpc) is 1.64. The van der Waals surface area contributed by atoms with Crippen LogP contribution in [-0.4, -0.2) is 148 Å². The fourth-order valence-corrected chi connectivity index (χ4v) is 12.7. The quantitative estimate of drug-likeness (QED) is 0.0161. The van der Waals surface area contributed by atoms with Crippen molar-refractivity contribution in [2.45, 2.75) is 43.3 Å². The topological polar surface area (TPSA) is 708 Å². The average molecular weight is 1970 g/mol. The molecule has 8 N–H and O–H groups in total. The van der Waals surface area contributed by atoms with Crippen molar-refractivity contribution in [1.82, 2.24) is 94.0 Å². The van der Waals surface area contributed by atoms with Crippen LogP contribution in [0.1, 0.15) is 65.0 Å². The fraction of sp³-hybridized carbons (Fsp3) is 0.108. The van der Waals surface area contributed by atoms with Gasteiger partial charge in [-0.25, -0.2) is 14.8 Å². The zero-order valence-corrected chi connectivity index (χ0v) is 95.8. The Hall–Kier alpha value is -3.63. The maximum Gasteiger partial charge on any atom is 1.00 e. The summed E-state index contributed by atoms with van der Waals surface area (Å²) in [6, 6.07) is 29.8. The van der Waals surface area contributed by atoms with Gasteiger partial charge < -0.3 is 57.7 Å². The van der Waals surface area contributed by atoms with Crippen LogP contribution in [0.15, 0.2) is 135 Å². The van der Waals surface area contributed by atoms with Crippen molar-refractivity contribution < 1.29 is 484 Å². The molecule has 9 heterocycles. The van der Waals surface area contributed by atoms with Crippen molar-refractivity contribution in [3.63, 3.8) is 0 Å². The SMILES string of the molecule is Cc1nn(-c2c[c-]cc(C(=O)[O-])c2)c(N)c1N=Nc1nnc(SCCSc2nnc(N=Nc3c(C)nn(-c4c[c-]cc(C(=O)[O-])c4)c3N)s2)s1.O=C=O.O=C=O.O=C=O.O=C=O.[C-]#[N+]c1cnn(-c2c[c-]cc(C)c2)c1N=Nc1c(C)nn(-c2nc([O-])nc(-n3nc(C)c(N=Nc4c(C#N)cnn4-c4c[c-]cc(C(=O)[O-])c4)c3N)n2)c1N.[K+].[K+].[K+].[K+].[K+].[K+].[K+].[K+]. The number of carboxylic acid groups (broad SMARTS) is 3. The number of benzene rings is 4. The van der Waals surface area contributed by atoms with E-state index in [0.717, 1.165) is 14.9 Å². The molecule has 0 aliphatic carbocycles. The van der Waals surface area contributed by atoms with E-state index in [2.05, 4.69) is 136 Å². The zero-order valence-electron chi connectivity index (χ0n) is 67.5. The molecule has 0 aliphatic rings. The Labute approximate surface area is 1060 Å². The summed E-state index contributed by atoms with van der Waals surface area (Å²) in [6.45, 7) is 16.0. The van der Waals surface area contributed by atoms with Crippen LogP contribution in [0.5, 0.6) is 6.01 Å². The maximum absolute atomic E-state index is 12.8. The van der Waals surface area contributed by atoms with Crippen LogP contribution < -0.4 is 454 Å². The summed E-state index contributed by atoms with van der Waals surface area (Å²) >= 11 is 5.50. The Balaban J connectivity index is 0.00000207. The molecule has 0 saturated heterocycles.